The molecule has 0 unspecified atom stereocenters. The number of rotatable bonds is 5. The largest absolute Gasteiger partial charge is 0.355 e. The van der Waals surface area contributed by atoms with Gasteiger partial charge < -0.3 is 11.1 Å². The van der Waals surface area contributed by atoms with Crippen molar-refractivity contribution in [1.29, 1.82) is 0 Å². The van der Waals surface area contributed by atoms with E-state index in [0.717, 1.165) is 13.0 Å². The van der Waals surface area contributed by atoms with Gasteiger partial charge in [0, 0.05) is 13.1 Å². The molecule has 0 saturated heterocycles. The summed E-state index contributed by atoms with van der Waals surface area (Å²) in [6.45, 7) is 7.25. The van der Waals surface area contributed by atoms with Gasteiger partial charge in [-0.25, -0.2) is 0 Å². The zero-order chi connectivity index (χ0) is 12.2. The molecule has 3 heteroatoms. The third-order valence-electron chi connectivity index (χ3n) is 4.16. The highest BCUT2D eigenvalue weighted by Crippen LogP contribution is 2.40. The molecule has 1 aliphatic rings. The fraction of sp³-hybridized carbons (Fsp3) is 0.923. The highest BCUT2D eigenvalue weighted by Gasteiger charge is 2.34. The Labute approximate surface area is 99.2 Å². The maximum Gasteiger partial charge on any atom is 0.226 e. The lowest BCUT2D eigenvalue weighted by molar-refractivity contribution is -0.129. The molecule has 0 bridgehead atoms. The first-order valence-electron chi connectivity index (χ1n) is 6.44. The van der Waals surface area contributed by atoms with Crippen LogP contribution in [-0.4, -0.2) is 19.0 Å². The van der Waals surface area contributed by atoms with Crippen molar-refractivity contribution in [2.75, 3.05) is 13.1 Å². The third kappa shape index (κ3) is 2.97. The van der Waals surface area contributed by atoms with E-state index in [9.17, 15) is 4.79 Å². The molecule has 1 rings (SSSR count). The maximum absolute atomic E-state index is 11.9. The van der Waals surface area contributed by atoms with Crippen LogP contribution in [-0.2, 0) is 4.79 Å². The number of carbonyl (C=O) groups excluding carboxylic acids is 1. The van der Waals surface area contributed by atoms with Crippen LogP contribution in [0, 0.1) is 10.8 Å². The van der Waals surface area contributed by atoms with E-state index in [1.807, 2.05) is 13.8 Å². The first-order chi connectivity index (χ1) is 7.46. The van der Waals surface area contributed by atoms with Crippen LogP contribution in [0.1, 0.15) is 52.9 Å². The van der Waals surface area contributed by atoms with Crippen molar-refractivity contribution in [2.45, 2.75) is 52.9 Å². The Bertz CT molecular complexity index is 242. The van der Waals surface area contributed by atoms with Gasteiger partial charge >= 0.3 is 0 Å². The predicted molar refractivity (Wildman–Crippen MR) is 67.0 cm³/mol. The van der Waals surface area contributed by atoms with Gasteiger partial charge in [-0.15, -0.1) is 0 Å². The van der Waals surface area contributed by atoms with E-state index in [1.54, 1.807) is 0 Å². The van der Waals surface area contributed by atoms with Crippen LogP contribution in [0.3, 0.4) is 0 Å². The fourth-order valence-electron chi connectivity index (χ4n) is 2.38. The van der Waals surface area contributed by atoms with E-state index >= 15 is 0 Å². The summed E-state index contributed by atoms with van der Waals surface area (Å²) in [6.07, 6.45) is 6.30. The lowest BCUT2D eigenvalue weighted by Gasteiger charge is -2.30. The molecule has 16 heavy (non-hydrogen) atoms. The molecule has 3 N–H and O–H groups in total. The fourth-order valence-corrected chi connectivity index (χ4v) is 2.38. The lowest BCUT2D eigenvalue weighted by Crippen LogP contribution is -2.45. The molecule has 1 saturated carbocycles. The summed E-state index contributed by atoms with van der Waals surface area (Å²) in [4.78, 5) is 11.9. The second kappa shape index (κ2) is 5.17. The highest BCUT2D eigenvalue weighted by atomic mass is 16.2. The van der Waals surface area contributed by atoms with Gasteiger partial charge in [-0.2, -0.15) is 0 Å². The van der Waals surface area contributed by atoms with Gasteiger partial charge in [0.2, 0.25) is 5.91 Å². The molecule has 0 aromatic carbocycles. The summed E-state index contributed by atoms with van der Waals surface area (Å²) in [5.41, 5.74) is 5.52. The Kier molecular flexibility index (Phi) is 4.36. The molecule has 0 spiro atoms. The smallest absolute Gasteiger partial charge is 0.226 e. The standard InChI is InChI=1S/C13H26N2O/c1-4-13(7-5-6-8-13)10-15-11(16)12(2,3)9-14/h4-10,14H2,1-3H3,(H,15,16). The maximum atomic E-state index is 11.9. The minimum Gasteiger partial charge on any atom is -0.355 e. The Hall–Kier alpha value is -0.570. The third-order valence-corrected chi connectivity index (χ3v) is 4.16. The highest BCUT2D eigenvalue weighted by molar-refractivity contribution is 5.82. The number of carbonyl (C=O) groups is 1. The number of nitrogens with two attached hydrogens (primary N) is 1. The van der Waals surface area contributed by atoms with Crippen LogP contribution in [0.2, 0.25) is 0 Å². The van der Waals surface area contributed by atoms with Crippen LogP contribution >= 0.6 is 0 Å². The van der Waals surface area contributed by atoms with Gasteiger partial charge in [-0.3, -0.25) is 4.79 Å². The summed E-state index contributed by atoms with van der Waals surface area (Å²) in [5.74, 6) is 0.0923. The average Bonchev–Trinajstić information content (AvgIpc) is 2.75. The quantitative estimate of drug-likeness (QED) is 0.754. The van der Waals surface area contributed by atoms with Crippen molar-refractivity contribution >= 4 is 5.91 Å². The Morgan fingerprint density at radius 3 is 2.38 bits per heavy atom. The number of nitrogens with one attached hydrogen (secondary N) is 1. The van der Waals surface area contributed by atoms with Crippen molar-refractivity contribution in [1.82, 2.24) is 5.32 Å². The molecule has 0 aliphatic heterocycles. The van der Waals surface area contributed by atoms with Gasteiger partial charge in [0.15, 0.2) is 0 Å². The van der Waals surface area contributed by atoms with Crippen molar-refractivity contribution < 1.29 is 4.79 Å². The molecule has 0 aromatic heterocycles. The normalized spacial score (nSPS) is 19.8. The molecule has 94 valence electrons. The monoisotopic (exact) mass is 226 g/mol. The summed E-state index contributed by atoms with van der Waals surface area (Å²) in [5, 5.41) is 3.09. The zero-order valence-corrected chi connectivity index (χ0v) is 10.9. The molecule has 0 heterocycles. The van der Waals surface area contributed by atoms with Crippen LogP contribution in [0.25, 0.3) is 0 Å². The topological polar surface area (TPSA) is 55.1 Å². The minimum absolute atomic E-state index is 0.0923. The SMILES string of the molecule is CCC1(CNC(=O)C(C)(C)CN)CCCC1. The molecule has 3 nitrogen and oxygen atoms in total. The molecule has 0 atom stereocenters. The zero-order valence-electron chi connectivity index (χ0n) is 10.9. The Morgan fingerprint density at radius 2 is 1.94 bits per heavy atom. The van der Waals surface area contributed by atoms with Gasteiger partial charge in [0.25, 0.3) is 0 Å². The van der Waals surface area contributed by atoms with Gasteiger partial charge in [-0.1, -0.05) is 19.8 Å². The van der Waals surface area contributed by atoms with Crippen LogP contribution in [0.4, 0.5) is 0 Å². The van der Waals surface area contributed by atoms with Crippen molar-refractivity contribution in [3.63, 3.8) is 0 Å². The van der Waals surface area contributed by atoms with Gasteiger partial charge in [0.1, 0.15) is 0 Å². The molecule has 0 radical (unpaired) electrons. The number of hydrogen-bond acceptors (Lipinski definition) is 2. The number of amides is 1. The lowest BCUT2D eigenvalue weighted by atomic mass is 9.82. The number of hydrogen-bond donors (Lipinski definition) is 2. The molecule has 0 aromatic rings. The molecular weight excluding hydrogens is 200 g/mol. The second-order valence-corrected chi connectivity index (χ2v) is 5.83. The second-order valence-electron chi connectivity index (χ2n) is 5.83. The molecule has 1 fully saturated rings. The minimum atomic E-state index is -0.437. The first kappa shape index (κ1) is 13.5. The Balaban J connectivity index is 2.47. The molecular formula is C13H26N2O. The van der Waals surface area contributed by atoms with E-state index in [2.05, 4.69) is 12.2 Å². The van der Waals surface area contributed by atoms with Crippen molar-refractivity contribution in [3.8, 4) is 0 Å². The summed E-state index contributed by atoms with van der Waals surface area (Å²) in [7, 11) is 0. The van der Waals surface area contributed by atoms with Crippen molar-refractivity contribution in [2.24, 2.45) is 16.6 Å². The molecule has 1 aliphatic carbocycles. The van der Waals surface area contributed by atoms with E-state index in [0.29, 0.717) is 12.0 Å². The predicted octanol–water partition coefficient (Wildman–Crippen LogP) is 2.06. The average molecular weight is 226 g/mol. The summed E-state index contributed by atoms with van der Waals surface area (Å²) < 4.78 is 0. The van der Waals surface area contributed by atoms with E-state index in [1.165, 1.54) is 25.7 Å². The molecule has 1 amide bonds. The van der Waals surface area contributed by atoms with Gasteiger partial charge in [-0.05, 0) is 38.5 Å². The van der Waals surface area contributed by atoms with Crippen molar-refractivity contribution in [3.05, 3.63) is 0 Å². The summed E-state index contributed by atoms with van der Waals surface area (Å²) >= 11 is 0. The van der Waals surface area contributed by atoms with Crippen LogP contribution < -0.4 is 11.1 Å². The summed E-state index contributed by atoms with van der Waals surface area (Å²) in [6, 6.07) is 0. The van der Waals surface area contributed by atoms with Crippen LogP contribution in [0.5, 0.6) is 0 Å². The van der Waals surface area contributed by atoms with E-state index in [4.69, 9.17) is 5.73 Å². The van der Waals surface area contributed by atoms with E-state index < -0.39 is 5.41 Å². The van der Waals surface area contributed by atoms with Gasteiger partial charge in [0.05, 0.1) is 5.41 Å². The van der Waals surface area contributed by atoms with E-state index in [-0.39, 0.29) is 5.91 Å². The Morgan fingerprint density at radius 1 is 1.38 bits per heavy atom. The van der Waals surface area contributed by atoms with Crippen LogP contribution in [0.15, 0.2) is 0 Å². The first-order valence-corrected chi connectivity index (χ1v) is 6.44.